The minimum atomic E-state index is -0.150. The summed E-state index contributed by atoms with van der Waals surface area (Å²) < 4.78 is 7.22. The Morgan fingerprint density at radius 1 is 1.03 bits per heavy atom. The zero-order valence-corrected chi connectivity index (χ0v) is 20.3. The van der Waals surface area contributed by atoms with Gasteiger partial charge < -0.3 is 14.5 Å². The highest BCUT2D eigenvalue weighted by Gasteiger charge is 2.33. The Labute approximate surface area is 196 Å². The lowest BCUT2D eigenvalue weighted by Crippen LogP contribution is -2.37. The number of methoxy groups -OCH3 is 1. The van der Waals surface area contributed by atoms with Crippen LogP contribution in [0.2, 0.25) is 0 Å². The summed E-state index contributed by atoms with van der Waals surface area (Å²) in [5.74, 6) is 1.47. The van der Waals surface area contributed by atoms with Crippen molar-refractivity contribution in [1.82, 2.24) is 19.6 Å². The van der Waals surface area contributed by atoms with Crippen molar-refractivity contribution in [3.05, 3.63) is 47.3 Å². The third-order valence-electron chi connectivity index (χ3n) is 6.51. The van der Waals surface area contributed by atoms with Gasteiger partial charge in [0.25, 0.3) is 5.91 Å². The van der Waals surface area contributed by atoms with Crippen molar-refractivity contribution in [3.63, 3.8) is 0 Å². The predicted octanol–water partition coefficient (Wildman–Crippen LogP) is 3.83. The third kappa shape index (κ3) is 5.57. The van der Waals surface area contributed by atoms with Gasteiger partial charge in [0, 0.05) is 44.2 Å². The molecule has 1 saturated carbocycles. The summed E-state index contributed by atoms with van der Waals surface area (Å²) in [7, 11) is 1.65. The van der Waals surface area contributed by atoms with Crippen LogP contribution in [0.3, 0.4) is 0 Å². The van der Waals surface area contributed by atoms with Crippen molar-refractivity contribution in [2.45, 2.75) is 64.3 Å². The second-order valence-electron chi connectivity index (χ2n) is 10.2. The average molecular weight is 453 g/mol. The largest absolute Gasteiger partial charge is 0.497 e. The van der Waals surface area contributed by atoms with E-state index in [9.17, 15) is 9.59 Å². The molecule has 1 aliphatic heterocycles. The molecule has 0 unspecified atom stereocenters. The summed E-state index contributed by atoms with van der Waals surface area (Å²) in [6.07, 6.45) is 4.31. The van der Waals surface area contributed by atoms with Crippen LogP contribution in [0.5, 0.6) is 5.75 Å². The smallest absolute Gasteiger partial charge is 0.274 e. The van der Waals surface area contributed by atoms with Gasteiger partial charge in [-0.05, 0) is 70.2 Å². The van der Waals surface area contributed by atoms with Crippen LogP contribution >= 0.6 is 0 Å². The normalized spacial score (nSPS) is 17.1. The first-order valence-electron chi connectivity index (χ1n) is 12.1. The van der Waals surface area contributed by atoms with Gasteiger partial charge in [-0.1, -0.05) is 12.1 Å². The van der Waals surface area contributed by atoms with E-state index in [-0.39, 0.29) is 17.4 Å². The van der Waals surface area contributed by atoms with E-state index in [0.29, 0.717) is 50.6 Å². The summed E-state index contributed by atoms with van der Waals surface area (Å²) >= 11 is 0. The number of amides is 2. The number of aryl methyl sites for hydroxylation is 1. The second kappa shape index (κ2) is 9.57. The Kier molecular flexibility index (Phi) is 6.77. The van der Waals surface area contributed by atoms with E-state index in [4.69, 9.17) is 9.84 Å². The number of hydrogen-bond donors (Lipinski definition) is 0. The summed E-state index contributed by atoms with van der Waals surface area (Å²) in [6, 6.07) is 9.84. The highest BCUT2D eigenvalue weighted by atomic mass is 16.5. The zero-order valence-electron chi connectivity index (χ0n) is 20.3. The number of carbonyl (C=O) groups excluding carboxylic acids is 2. The third-order valence-corrected chi connectivity index (χ3v) is 6.51. The van der Waals surface area contributed by atoms with Crippen LogP contribution in [0, 0.1) is 0 Å². The molecule has 1 aromatic carbocycles. The zero-order chi connectivity index (χ0) is 23.6. The fourth-order valence-electron chi connectivity index (χ4n) is 4.44. The molecule has 1 aliphatic carbocycles. The number of aromatic nitrogens is 2. The first-order chi connectivity index (χ1) is 15.8. The van der Waals surface area contributed by atoms with Crippen LogP contribution in [0.25, 0.3) is 0 Å². The molecule has 7 nitrogen and oxygen atoms in total. The van der Waals surface area contributed by atoms with E-state index < -0.39 is 0 Å². The van der Waals surface area contributed by atoms with Crippen molar-refractivity contribution >= 4 is 11.8 Å². The Hall–Kier alpha value is -2.83. The first kappa shape index (κ1) is 23.3. The number of ether oxygens (including phenoxy) is 1. The summed E-state index contributed by atoms with van der Waals surface area (Å²) in [6.45, 7) is 8.85. The summed E-state index contributed by atoms with van der Waals surface area (Å²) in [4.78, 5) is 29.8. The summed E-state index contributed by atoms with van der Waals surface area (Å²) in [5.41, 5.74) is 2.68. The maximum atomic E-state index is 13.3. The molecular weight excluding hydrogens is 416 g/mol. The molecule has 2 heterocycles. The molecule has 0 bridgehead atoms. The number of carbonyl (C=O) groups is 2. The van der Waals surface area contributed by atoms with Crippen LogP contribution in [0.1, 0.15) is 74.1 Å². The lowest BCUT2D eigenvalue weighted by atomic mass is 10.1. The van der Waals surface area contributed by atoms with Crippen LogP contribution in [0.4, 0.5) is 0 Å². The van der Waals surface area contributed by atoms with E-state index in [2.05, 4.69) is 20.8 Å². The van der Waals surface area contributed by atoms with Gasteiger partial charge in [0.05, 0.1) is 12.6 Å². The van der Waals surface area contributed by atoms with E-state index in [1.54, 1.807) is 7.11 Å². The molecule has 7 heteroatoms. The Morgan fingerprint density at radius 3 is 2.33 bits per heavy atom. The van der Waals surface area contributed by atoms with Gasteiger partial charge >= 0.3 is 0 Å². The molecule has 0 radical (unpaired) electrons. The molecule has 2 aromatic rings. The number of nitrogens with zero attached hydrogens (tertiary/aromatic N) is 4. The van der Waals surface area contributed by atoms with Gasteiger partial charge in [-0.25, -0.2) is 0 Å². The molecule has 178 valence electrons. The molecule has 0 spiro atoms. The topological polar surface area (TPSA) is 67.7 Å². The molecule has 2 aliphatic rings. The lowest BCUT2D eigenvalue weighted by Gasteiger charge is -2.23. The van der Waals surface area contributed by atoms with E-state index >= 15 is 0 Å². The van der Waals surface area contributed by atoms with Crippen molar-refractivity contribution in [2.24, 2.45) is 0 Å². The number of rotatable bonds is 6. The van der Waals surface area contributed by atoms with Gasteiger partial charge in [0.2, 0.25) is 5.91 Å². The molecule has 2 amide bonds. The quantitative estimate of drug-likeness (QED) is 0.668. The predicted molar refractivity (Wildman–Crippen MR) is 128 cm³/mol. The molecule has 2 fully saturated rings. The van der Waals surface area contributed by atoms with E-state index in [1.165, 1.54) is 18.5 Å². The molecule has 1 saturated heterocycles. The minimum absolute atomic E-state index is 0.0209. The Bertz CT molecular complexity index is 986. The van der Waals surface area contributed by atoms with Crippen molar-refractivity contribution in [3.8, 4) is 5.75 Å². The number of hydrogen-bond acceptors (Lipinski definition) is 4. The van der Waals surface area contributed by atoms with Crippen molar-refractivity contribution in [2.75, 3.05) is 33.3 Å². The Morgan fingerprint density at radius 2 is 1.70 bits per heavy atom. The van der Waals surface area contributed by atoms with Crippen LogP contribution in [-0.2, 0) is 16.8 Å². The van der Waals surface area contributed by atoms with Crippen molar-refractivity contribution < 1.29 is 14.3 Å². The molecule has 1 aromatic heterocycles. The van der Waals surface area contributed by atoms with Gasteiger partial charge in [-0.2, -0.15) is 5.10 Å². The van der Waals surface area contributed by atoms with E-state index in [0.717, 1.165) is 17.7 Å². The fraction of sp³-hybridized carbons (Fsp3) is 0.577. The highest BCUT2D eigenvalue weighted by Crippen LogP contribution is 2.41. The summed E-state index contributed by atoms with van der Waals surface area (Å²) in [5, 5.41) is 4.71. The lowest BCUT2D eigenvalue weighted by molar-refractivity contribution is -0.131. The van der Waals surface area contributed by atoms with Gasteiger partial charge in [-0.15, -0.1) is 0 Å². The number of benzene rings is 1. The van der Waals surface area contributed by atoms with E-state index in [1.807, 2.05) is 44.8 Å². The molecular formula is C26H36N4O3. The maximum absolute atomic E-state index is 13.3. The molecule has 0 N–H and O–H groups in total. The van der Waals surface area contributed by atoms with Crippen molar-refractivity contribution in [1.29, 1.82) is 0 Å². The standard InChI is InChI=1S/C26H36N4O3/c1-26(2,3)30-23(20-9-10-20)18-22(27-30)25(32)29-15-5-14-28(16-17-29)24(31)13-8-19-6-11-21(33-4)12-7-19/h6-7,11-12,18,20H,5,8-10,13-17H2,1-4H3. The Balaban J connectivity index is 1.34. The first-order valence-corrected chi connectivity index (χ1v) is 12.1. The highest BCUT2D eigenvalue weighted by molar-refractivity contribution is 5.92. The van der Waals surface area contributed by atoms with Gasteiger partial charge in [-0.3, -0.25) is 14.3 Å². The average Bonchev–Trinajstić information content (AvgIpc) is 3.59. The fourth-order valence-corrected chi connectivity index (χ4v) is 4.44. The van der Waals surface area contributed by atoms with Gasteiger partial charge in [0.15, 0.2) is 5.69 Å². The van der Waals surface area contributed by atoms with Gasteiger partial charge in [0.1, 0.15) is 5.75 Å². The molecule has 33 heavy (non-hydrogen) atoms. The van der Waals surface area contributed by atoms with Crippen LogP contribution < -0.4 is 4.74 Å². The molecule has 4 rings (SSSR count). The molecule has 0 atom stereocenters. The monoisotopic (exact) mass is 452 g/mol. The minimum Gasteiger partial charge on any atom is -0.497 e. The second-order valence-corrected chi connectivity index (χ2v) is 10.2. The van der Waals surface area contributed by atoms with Crippen LogP contribution in [-0.4, -0.2) is 64.7 Å². The SMILES string of the molecule is COc1ccc(CCC(=O)N2CCCN(C(=O)c3cc(C4CC4)n(C(C)(C)C)n3)CC2)cc1. The maximum Gasteiger partial charge on any atom is 0.274 e. The van der Waals surface area contributed by atoms with Crippen LogP contribution in [0.15, 0.2) is 30.3 Å².